The third-order valence-electron chi connectivity index (χ3n) is 8.49. The average molecular weight is 1240 g/mol. The average Bonchev–Trinajstić information content (AvgIpc) is 4.06. The third-order valence-corrected chi connectivity index (χ3v) is 10.2. The molecule has 0 aliphatic heterocycles. The number of rotatable bonds is 10. The van der Waals surface area contributed by atoms with Crippen LogP contribution in [0.1, 0.15) is 0 Å². The smallest absolute Gasteiger partial charge is 0.508 e. The van der Waals surface area contributed by atoms with Crippen molar-refractivity contribution in [2.24, 2.45) is 40.9 Å². The van der Waals surface area contributed by atoms with Crippen LogP contribution in [0.4, 0.5) is 44.1 Å². The summed E-state index contributed by atoms with van der Waals surface area (Å²) in [6.45, 7) is 0. The molecule has 8 N–H and O–H groups in total. The minimum atomic E-state index is -0.628. The van der Waals surface area contributed by atoms with Crippen molar-refractivity contribution in [2.75, 3.05) is 0 Å². The summed E-state index contributed by atoms with van der Waals surface area (Å²) in [6, 6.07) is 14.0. The Hall–Kier alpha value is -8.41. The van der Waals surface area contributed by atoms with Crippen molar-refractivity contribution in [1.82, 2.24) is 9.97 Å². The number of nitro benzene ring substituents is 2. The molecule has 2 aromatic heterocycles. The van der Waals surface area contributed by atoms with E-state index in [1.54, 1.807) is 0 Å². The van der Waals surface area contributed by atoms with Crippen LogP contribution >= 0.6 is 22.7 Å². The van der Waals surface area contributed by atoms with Crippen LogP contribution in [-0.2, 0) is 43.1 Å². The summed E-state index contributed by atoms with van der Waals surface area (Å²) in [5, 5.41) is 146. The molecule has 0 saturated heterocycles. The second-order valence-corrected chi connectivity index (χ2v) is 15.8. The Bertz CT molecular complexity index is 3470. The quantitative estimate of drug-likeness (QED) is 0.0314. The van der Waals surface area contributed by atoms with Gasteiger partial charge in [0.25, 0.3) is 11.4 Å². The number of hydrogen-bond acceptors (Lipinski definition) is 28. The maximum absolute atomic E-state index is 10.9. The number of hydrogen-bond donors (Lipinski definition) is 8. The number of nitrogens with zero attached hydrogens (tertiary/aromatic N) is 14. The third kappa shape index (κ3) is 21.4. The maximum atomic E-state index is 10.9. The molecule has 0 unspecified atom stereocenters. The van der Waals surface area contributed by atoms with Gasteiger partial charge in [-0.1, -0.05) is 22.7 Å². The van der Waals surface area contributed by atoms with Gasteiger partial charge in [0.2, 0.25) is 0 Å². The Labute approximate surface area is 516 Å². The van der Waals surface area contributed by atoms with Gasteiger partial charge in [0.15, 0.2) is 11.6 Å². The van der Waals surface area contributed by atoms with Gasteiger partial charge in [-0.2, -0.15) is 0 Å². The number of aliphatic hydroxyl groups is 2. The monoisotopic (exact) mass is 1240 g/mol. The standard InChI is InChI=1S/2C12H9N3O5.2C9H6N4O4S.2Co.2Na/c2*16-8-2-3-9(12(18)6-8)13-14-10-5-7(15(19)20)1-4-11(10)17;2*14-5-1-2-6(7(15)3-5)11-12-9-10-4-8(18-9)13(16)17;;;;/h2*1-6,16-18H;2*1-4H,(H2,10,12,14,15);;;;/q;;;;;;2*+1/p-2. The first-order valence-electron chi connectivity index (χ1n) is 19.9. The molecule has 32 nitrogen and oxygen atoms in total. The van der Waals surface area contributed by atoms with Gasteiger partial charge in [-0.25, -0.2) is 0 Å². The number of azo groups is 2. The molecule has 2 radical (unpaired) electrons. The van der Waals surface area contributed by atoms with Gasteiger partial charge in [0, 0.05) is 104 Å². The number of allylic oxidation sites excluding steroid dienone is 6. The molecule has 0 bridgehead atoms. The van der Waals surface area contributed by atoms with E-state index in [4.69, 9.17) is 10.2 Å². The number of aromatic hydroxyl groups is 6. The maximum Gasteiger partial charge on any atom is 1.00 e. The van der Waals surface area contributed by atoms with Crippen LogP contribution in [0.2, 0.25) is 0 Å². The van der Waals surface area contributed by atoms with Gasteiger partial charge in [-0.3, -0.25) is 60.2 Å². The molecule has 0 saturated carbocycles. The molecule has 4 aromatic carbocycles. The van der Waals surface area contributed by atoms with Crippen molar-refractivity contribution in [3.63, 3.8) is 0 Å². The molecule has 80 heavy (non-hydrogen) atoms. The van der Waals surface area contributed by atoms with Crippen molar-refractivity contribution in [3.05, 3.63) is 183 Å². The molecule has 0 atom stereocenters. The Kier molecular flexibility index (Phi) is 28.8. The zero-order chi connectivity index (χ0) is 55.6. The normalized spacial score (nSPS) is 13.6. The zero-order valence-corrected chi connectivity index (χ0v) is 47.7. The van der Waals surface area contributed by atoms with E-state index in [2.05, 4.69) is 50.8 Å². The van der Waals surface area contributed by atoms with Gasteiger partial charge < -0.3 is 61.0 Å². The van der Waals surface area contributed by atoms with E-state index in [1.807, 2.05) is 0 Å². The Balaban J connectivity index is 0.000000525. The summed E-state index contributed by atoms with van der Waals surface area (Å²) < 4.78 is 0. The van der Waals surface area contributed by atoms with Crippen molar-refractivity contribution in [2.45, 2.75) is 0 Å². The van der Waals surface area contributed by atoms with E-state index in [-0.39, 0.29) is 215 Å². The molecule has 2 aliphatic carbocycles. The first kappa shape index (κ1) is 69.6. The number of ketones is 2. The predicted molar refractivity (Wildman–Crippen MR) is 262 cm³/mol. The van der Waals surface area contributed by atoms with E-state index < -0.39 is 19.7 Å². The van der Waals surface area contributed by atoms with E-state index in [1.165, 1.54) is 48.6 Å². The number of aliphatic hydroxyl groups excluding tert-OH is 2. The number of thiazole rings is 2. The number of benzene rings is 4. The van der Waals surface area contributed by atoms with Crippen LogP contribution in [0.5, 0.6) is 34.5 Å². The van der Waals surface area contributed by atoms with E-state index >= 15 is 0 Å². The zero-order valence-electron chi connectivity index (χ0n) is 40.0. The van der Waals surface area contributed by atoms with Gasteiger partial charge in [-0.15, -0.1) is 20.5 Å². The number of carbonyl (C=O) groups is 2. The molecule has 2 aliphatic rings. The summed E-state index contributed by atoms with van der Waals surface area (Å²) in [4.78, 5) is 68.9. The first-order chi connectivity index (χ1) is 36.1. The van der Waals surface area contributed by atoms with Crippen LogP contribution in [0.15, 0.2) is 174 Å². The van der Waals surface area contributed by atoms with Gasteiger partial charge in [0.05, 0.1) is 19.7 Å². The molecule has 2 heterocycles. The fourth-order valence-corrected chi connectivity index (χ4v) is 6.07. The van der Waals surface area contributed by atoms with Gasteiger partial charge in [0.1, 0.15) is 80.2 Å². The molecular weight excluding hydrogens is 1220 g/mol. The number of non-ortho nitro benzene ring substituents is 2. The van der Waals surface area contributed by atoms with E-state index in [0.29, 0.717) is 0 Å². The van der Waals surface area contributed by atoms with E-state index in [0.717, 1.165) is 95.8 Å². The number of phenolic OH excluding ortho intramolecular Hbond substituents is 6. The molecule has 6 aromatic rings. The summed E-state index contributed by atoms with van der Waals surface area (Å²) in [7, 11) is 0. The molecule has 406 valence electrons. The predicted octanol–water partition coefficient (Wildman–Crippen LogP) is 1.16. The summed E-state index contributed by atoms with van der Waals surface area (Å²) in [5.41, 5.74) is -0.418. The van der Waals surface area contributed by atoms with Crippen LogP contribution in [-0.4, -0.2) is 83.5 Å². The fourth-order valence-electron chi connectivity index (χ4n) is 4.96. The number of carbonyl (C=O) groups excluding carboxylic acids is 2. The van der Waals surface area contributed by atoms with Crippen LogP contribution in [0, 0.1) is 40.5 Å². The Morgan fingerprint density at radius 3 is 1.07 bits per heavy atom. The van der Waals surface area contributed by atoms with Gasteiger partial charge in [-0.05, 0) is 60.7 Å². The minimum Gasteiger partial charge on any atom is -0.508 e. The second kappa shape index (κ2) is 33.1. The second-order valence-electron chi connectivity index (χ2n) is 13.8. The van der Waals surface area contributed by atoms with Crippen molar-refractivity contribution >= 4 is 89.8 Å². The summed E-state index contributed by atoms with van der Waals surface area (Å²) >= 11 is 1.51. The van der Waals surface area contributed by atoms with Crippen LogP contribution in [0.25, 0.3) is 0 Å². The van der Waals surface area contributed by atoms with Crippen molar-refractivity contribution in [1.29, 1.82) is 0 Å². The van der Waals surface area contributed by atoms with Crippen LogP contribution < -0.4 is 78.7 Å². The minimum absolute atomic E-state index is 0. The number of aromatic nitrogens is 2. The van der Waals surface area contributed by atoms with Crippen molar-refractivity contribution < 1.29 is 163 Å². The molecular formula is C42H28Co2N14Na2O18S2. The molecule has 0 spiro atoms. The number of nitro groups is 4. The first-order valence-corrected chi connectivity index (χ1v) is 21.6. The van der Waals surface area contributed by atoms with Gasteiger partial charge >= 0.3 is 69.1 Å². The molecule has 0 amide bonds. The number of phenols is 6. The largest absolute Gasteiger partial charge is 1.00 e. The topological polar surface area (TPSA) is 496 Å². The Morgan fingerprint density at radius 1 is 0.425 bits per heavy atom. The molecule has 38 heteroatoms. The van der Waals surface area contributed by atoms with Crippen LogP contribution in [0.3, 0.4) is 0 Å². The SMILES string of the molecule is O=C1C=C/C(=N\N=c2/[n-]cc([N+](=O)[O-])s2)C(O)=C1.O=C1C=C/C(=N\N=c2/[n-]cc([N+](=O)[O-])s2)C(O)=C1.O=[N+]([O-])c1ccc(O)c(N=Nc2ccc(O)cc2O)c1.O=[N+]([O-])c1ccc(O)c(N=Nc2ccc(O)cc2O)c1.[Co].[Co].[Na+].[Na+]. The van der Waals surface area contributed by atoms with Crippen molar-refractivity contribution in [3.8, 4) is 34.5 Å². The molecule has 0 fully saturated rings. The van der Waals surface area contributed by atoms with E-state index in [9.17, 15) is 80.7 Å². The molecule has 8 rings (SSSR count). The summed E-state index contributed by atoms with van der Waals surface area (Å²) in [6.07, 6.45) is 9.17. The summed E-state index contributed by atoms with van der Waals surface area (Å²) in [5.74, 6) is -2.77. The Morgan fingerprint density at radius 2 is 0.775 bits per heavy atom. The fraction of sp³-hybridized carbons (Fsp3) is 0.